The fourth-order valence-electron chi connectivity index (χ4n) is 2.57. The largest absolute Gasteiger partial charge is 0.376 e. The van der Waals surface area contributed by atoms with Crippen LogP contribution >= 0.6 is 22.9 Å². The van der Waals surface area contributed by atoms with Crippen LogP contribution in [-0.2, 0) is 0 Å². The number of thiophene rings is 1. The Morgan fingerprint density at radius 2 is 2.19 bits per heavy atom. The first-order valence-corrected chi connectivity index (χ1v) is 8.30. The number of benzene rings is 1. The second-order valence-electron chi connectivity index (χ2n) is 5.07. The average molecular weight is 317 g/mol. The molecule has 0 radical (unpaired) electrons. The number of anilines is 1. The smallest absolute Gasteiger partial charge is 0.0752 e. The van der Waals surface area contributed by atoms with Crippen molar-refractivity contribution in [2.24, 2.45) is 0 Å². The Morgan fingerprint density at radius 1 is 1.33 bits per heavy atom. The van der Waals surface area contributed by atoms with Gasteiger partial charge in [-0.2, -0.15) is 0 Å². The zero-order chi connectivity index (χ0) is 14.8. The molecule has 3 aromatic rings. The molecule has 0 amide bonds. The first-order chi connectivity index (χ1) is 10.2. The summed E-state index contributed by atoms with van der Waals surface area (Å²) in [6.45, 7) is 4.22. The van der Waals surface area contributed by atoms with E-state index in [1.54, 1.807) is 11.3 Å². The first-order valence-electron chi connectivity index (χ1n) is 7.04. The molecule has 4 heteroatoms. The van der Waals surface area contributed by atoms with Crippen LogP contribution in [0.5, 0.6) is 0 Å². The molecule has 1 unspecified atom stereocenters. The number of rotatable bonds is 4. The van der Waals surface area contributed by atoms with E-state index < -0.39 is 0 Å². The lowest BCUT2D eigenvalue weighted by Gasteiger charge is -2.20. The third-order valence-electron chi connectivity index (χ3n) is 3.65. The molecule has 0 saturated heterocycles. The molecule has 21 heavy (non-hydrogen) atoms. The van der Waals surface area contributed by atoms with E-state index in [1.807, 2.05) is 25.3 Å². The number of hydrogen-bond acceptors (Lipinski definition) is 3. The van der Waals surface area contributed by atoms with Crippen LogP contribution in [0.1, 0.15) is 29.8 Å². The van der Waals surface area contributed by atoms with Crippen LogP contribution in [0.15, 0.2) is 41.9 Å². The highest BCUT2D eigenvalue weighted by Crippen LogP contribution is 2.36. The zero-order valence-electron chi connectivity index (χ0n) is 12.1. The SMILES string of the molecule is CCC(Nc1c(Cl)cc(C)c2ncccc12)c1cccs1. The van der Waals surface area contributed by atoms with Crippen molar-refractivity contribution in [3.05, 3.63) is 57.4 Å². The third-order valence-corrected chi connectivity index (χ3v) is 4.93. The molecule has 0 aliphatic heterocycles. The maximum Gasteiger partial charge on any atom is 0.0752 e. The molecule has 0 bridgehead atoms. The van der Waals surface area contributed by atoms with Gasteiger partial charge in [-0.25, -0.2) is 0 Å². The monoisotopic (exact) mass is 316 g/mol. The number of halogens is 1. The molecule has 2 heterocycles. The molecule has 3 rings (SSSR count). The van der Waals surface area contributed by atoms with Crippen molar-refractivity contribution in [2.75, 3.05) is 5.32 Å². The minimum Gasteiger partial charge on any atom is -0.376 e. The Labute approximate surface area is 133 Å². The predicted octanol–water partition coefficient (Wildman–Crippen LogP) is 5.82. The van der Waals surface area contributed by atoms with Crippen LogP contribution in [0, 0.1) is 6.92 Å². The number of pyridine rings is 1. The molecular weight excluding hydrogens is 300 g/mol. The van der Waals surface area contributed by atoms with Gasteiger partial charge in [0.25, 0.3) is 0 Å². The summed E-state index contributed by atoms with van der Waals surface area (Å²) in [5, 5.41) is 7.55. The summed E-state index contributed by atoms with van der Waals surface area (Å²) in [6, 6.07) is 10.5. The van der Waals surface area contributed by atoms with Crippen molar-refractivity contribution in [2.45, 2.75) is 26.3 Å². The van der Waals surface area contributed by atoms with E-state index in [0.717, 1.165) is 33.6 Å². The van der Waals surface area contributed by atoms with Crippen LogP contribution in [0.2, 0.25) is 5.02 Å². The van der Waals surface area contributed by atoms with Gasteiger partial charge in [0.1, 0.15) is 0 Å². The topological polar surface area (TPSA) is 24.9 Å². The minimum atomic E-state index is 0.272. The maximum atomic E-state index is 6.48. The second-order valence-corrected chi connectivity index (χ2v) is 6.46. The van der Waals surface area contributed by atoms with Crippen molar-refractivity contribution >= 4 is 39.5 Å². The van der Waals surface area contributed by atoms with Gasteiger partial charge in [-0.15, -0.1) is 11.3 Å². The van der Waals surface area contributed by atoms with Gasteiger partial charge < -0.3 is 5.32 Å². The van der Waals surface area contributed by atoms with E-state index >= 15 is 0 Å². The number of nitrogens with one attached hydrogen (secondary N) is 1. The van der Waals surface area contributed by atoms with E-state index in [9.17, 15) is 0 Å². The van der Waals surface area contributed by atoms with Crippen molar-refractivity contribution in [1.29, 1.82) is 0 Å². The van der Waals surface area contributed by atoms with E-state index in [2.05, 4.69) is 40.8 Å². The maximum absolute atomic E-state index is 6.48. The lowest BCUT2D eigenvalue weighted by atomic mass is 10.1. The number of aryl methyl sites for hydroxylation is 1. The molecule has 0 aliphatic rings. The Kier molecular flexibility index (Phi) is 4.13. The average Bonchev–Trinajstić information content (AvgIpc) is 3.01. The molecule has 2 aromatic heterocycles. The Hall–Kier alpha value is -1.58. The Morgan fingerprint density at radius 3 is 2.90 bits per heavy atom. The minimum absolute atomic E-state index is 0.272. The van der Waals surface area contributed by atoms with Crippen LogP contribution in [0.4, 0.5) is 5.69 Å². The van der Waals surface area contributed by atoms with Gasteiger partial charge in [-0.1, -0.05) is 24.6 Å². The number of nitrogens with zero attached hydrogens (tertiary/aromatic N) is 1. The van der Waals surface area contributed by atoms with Crippen molar-refractivity contribution in [1.82, 2.24) is 4.98 Å². The molecule has 1 atom stereocenters. The highest BCUT2D eigenvalue weighted by Gasteiger charge is 2.15. The molecule has 0 aliphatic carbocycles. The summed E-state index contributed by atoms with van der Waals surface area (Å²) in [7, 11) is 0. The highest BCUT2D eigenvalue weighted by atomic mass is 35.5. The predicted molar refractivity (Wildman–Crippen MR) is 92.5 cm³/mol. The summed E-state index contributed by atoms with van der Waals surface area (Å²) in [5.41, 5.74) is 3.08. The summed E-state index contributed by atoms with van der Waals surface area (Å²) in [5.74, 6) is 0. The van der Waals surface area contributed by atoms with Crippen molar-refractivity contribution in [3.63, 3.8) is 0 Å². The van der Waals surface area contributed by atoms with Gasteiger partial charge in [0.2, 0.25) is 0 Å². The van der Waals surface area contributed by atoms with Crippen molar-refractivity contribution in [3.8, 4) is 0 Å². The first kappa shape index (κ1) is 14.4. The molecule has 0 fully saturated rings. The van der Waals surface area contributed by atoms with E-state index in [0.29, 0.717) is 0 Å². The van der Waals surface area contributed by atoms with E-state index in [-0.39, 0.29) is 6.04 Å². The van der Waals surface area contributed by atoms with Gasteiger partial charge in [0.05, 0.1) is 22.3 Å². The molecule has 108 valence electrons. The quantitative estimate of drug-likeness (QED) is 0.656. The molecule has 2 nitrogen and oxygen atoms in total. The molecule has 0 saturated carbocycles. The van der Waals surface area contributed by atoms with E-state index in [1.165, 1.54) is 4.88 Å². The summed E-state index contributed by atoms with van der Waals surface area (Å²) >= 11 is 8.25. The van der Waals surface area contributed by atoms with E-state index in [4.69, 9.17) is 11.6 Å². The fourth-order valence-corrected chi connectivity index (χ4v) is 3.75. The standard InChI is InChI=1S/C17H17ClN2S/c1-3-14(15-7-5-9-21-15)20-17-12-6-4-8-19-16(12)11(2)10-13(17)18/h4-10,14,20H,3H2,1-2H3. The van der Waals surface area contributed by atoms with Gasteiger partial charge in [0, 0.05) is 16.5 Å². The summed E-state index contributed by atoms with van der Waals surface area (Å²) in [6.07, 6.45) is 2.83. The van der Waals surface area contributed by atoms with Crippen LogP contribution < -0.4 is 5.32 Å². The third kappa shape index (κ3) is 2.76. The summed E-state index contributed by atoms with van der Waals surface area (Å²) in [4.78, 5) is 5.81. The normalized spacial score (nSPS) is 12.5. The van der Waals surface area contributed by atoms with Crippen LogP contribution in [0.25, 0.3) is 10.9 Å². The van der Waals surface area contributed by atoms with Crippen LogP contribution in [0.3, 0.4) is 0 Å². The molecule has 0 spiro atoms. The Balaban J connectivity index is 2.08. The second kappa shape index (κ2) is 6.04. The molecule has 1 N–H and O–H groups in total. The van der Waals surface area contributed by atoms with Gasteiger partial charge >= 0.3 is 0 Å². The lowest BCUT2D eigenvalue weighted by molar-refractivity contribution is 0.765. The number of aromatic nitrogens is 1. The lowest BCUT2D eigenvalue weighted by Crippen LogP contribution is -2.09. The zero-order valence-corrected chi connectivity index (χ0v) is 13.6. The Bertz CT molecular complexity index is 753. The molecule has 1 aromatic carbocycles. The fraction of sp³-hybridized carbons (Fsp3) is 0.235. The number of hydrogen-bond donors (Lipinski definition) is 1. The summed E-state index contributed by atoms with van der Waals surface area (Å²) < 4.78 is 0. The van der Waals surface area contributed by atoms with Gasteiger partial charge in [-0.3, -0.25) is 4.98 Å². The van der Waals surface area contributed by atoms with Crippen LogP contribution in [-0.4, -0.2) is 4.98 Å². The van der Waals surface area contributed by atoms with Gasteiger partial charge in [-0.05, 0) is 48.6 Å². The van der Waals surface area contributed by atoms with Crippen molar-refractivity contribution < 1.29 is 0 Å². The molecular formula is C17H17ClN2S. The highest BCUT2D eigenvalue weighted by molar-refractivity contribution is 7.10. The van der Waals surface area contributed by atoms with Gasteiger partial charge in [0.15, 0.2) is 0 Å². The number of fused-ring (bicyclic) bond motifs is 1.